The van der Waals surface area contributed by atoms with Crippen molar-refractivity contribution in [1.82, 2.24) is 4.57 Å². The second-order valence-electron chi connectivity index (χ2n) is 9.21. The molecular formula is C31H34N2O6S. The minimum atomic E-state index is -0.713. The molecule has 2 heterocycles. The summed E-state index contributed by atoms with van der Waals surface area (Å²) < 4.78 is 24.1. The van der Waals surface area contributed by atoms with Crippen molar-refractivity contribution < 1.29 is 23.7 Å². The number of benzene rings is 2. The number of thiazole rings is 1. The normalized spacial score (nSPS) is 14.8. The fourth-order valence-corrected chi connectivity index (χ4v) is 5.54. The number of methoxy groups -OCH3 is 2. The maximum absolute atomic E-state index is 13.8. The Bertz CT molecular complexity index is 1580. The largest absolute Gasteiger partial charge is 0.494 e. The van der Waals surface area contributed by atoms with Gasteiger partial charge in [0.05, 0.1) is 42.7 Å². The van der Waals surface area contributed by atoms with Crippen molar-refractivity contribution in [2.24, 2.45) is 4.99 Å². The highest BCUT2D eigenvalue weighted by Gasteiger charge is 2.33. The summed E-state index contributed by atoms with van der Waals surface area (Å²) >= 11 is 1.26. The van der Waals surface area contributed by atoms with Gasteiger partial charge in [-0.3, -0.25) is 9.36 Å². The monoisotopic (exact) mass is 562 g/mol. The van der Waals surface area contributed by atoms with Crippen LogP contribution in [-0.2, 0) is 9.53 Å². The maximum atomic E-state index is 13.8. The van der Waals surface area contributed by atoms with Gasteiger partial charge in [0.25, 0.3) is 5.56 Å². The van der Waals surface area contributed by atoms with Crippen LogP contribution >= 0.6 is 11.3 Å². The van der Waals surface area contributed by atoms with E-state index in [4.69, 9.17) is 18.9 Å². The molecule has 0 N–H and O–H groups in total. The average Bonchev–Trinajstić information content (AvgIpc) is 3.27. The molecule has 1 unspecified atom stereocenters. The molecule has 0 spiro atoms. The molecule has 1 aliphatic heterocycles. The Labute approximate surface area is 237 Å². The molecule has 0 radical (unpaired) electrons. The predicted molar refractivity (Wildman–Crippen MR) is 156 cm³/mol. The Morgan fingerprint density at radius 3 is 2.52 bits per heavy atom. The fourth-order valence-electron chi connectivity index (χ4n) is 4.49. The number of fused-ring (bicyclic) bond motifs is 1. The van der Waals surface area contributed by atoms with Crippen LogP contribution in [0.2, 0.25) is 0 Å². The lowest BCUT2D eigenvalue weighted by atomic mass is 9.96. The SMILES string of the molecule is C=CCOC(=O)C1=C(C)N=c2sc(=Cc3ccc(OC)c(OC)c3)c(=O)n2C1c1ccc(OCCCCC)cc1. The highest BCUT2D eigenvalue weighted by molar-refractivity contribution is 7.07. The lowest BCUT2D eigenvalue weighted by Gasteiger charge is -2.24. The van der Waals surface area contributed by atoms with Crippen molar-refractivity contribution in [2.45, 2.75) is 39.2 Å². The van der Waals surface area contributed by atoms with Crippen molar-refractivity contribution in [3.05, 3.63) is 97.2 Å². The van der Waals surface area contributed by atoms with Crippen LogP contribution in [0, 0.1) is 0 Å². The van der Waals surface area contributed by atoms with Crippen LogP contribution in [0.25, 0.3) is 6.08 Å². The standard InChI is InChI=1S/C31H34N2O6S/c1-6-8-9-17-38-23-13-11-22(12-14-23)28-27(30(35)39-16-7-2)20(3)32-31-33(28)29(34)26(40-31)19-21-10-15-24(36-4)25(18-21)37-5/h7,10-15,18-19,28H,2,6,8-9,16-17H2,1,3-5H3. The van der Waals surface area contributed by atoms with E-state index in [1.165, 1.54) is 17.4 Å². The van der Waals surface area contributed by atoms with E-state index < -0.39 is 12.0 Å². The zero-order valence-electron chi connectivity index (χ0n) is 23.3. The second-order valence-corrected chi connectivity index (χ2v) is 10.2. The summed E-state index contributed by atoms with van der Waals surface area (Å²) in [6, 6.07) is 12.2. The molecule has 4 rings (SSSR count). The number of rotatable bonds is 12. The topological polar surface area (TPSA) is 88.4 Å². The number of ether oxygens (including phenoxy) is 4. The van der Waals surface area contributed by atoms with E-state index in [-0.39, 0.29) is 12.2 Å². The van der Waals surface area contributed by atoms with Gasteiger partial charge in [-0.2, -0.15) is 0 Å². The molecule has 9 heteroatoms. The number of unbranched alkanes of at least 4 members (excludes halogenated alkanes) is 2. The van der Waals surface area contributed by atoms with Crippen LogP contribution in [0.15, 0.2) is 76.2 Å². The first-order valence-electron chi connectivity index (χ1n) is 13.2. The summed E-state index contributed by atoms with van der Waals surface area (Å²) in [6.45, 7) is 8.23. The molecule has 0 bridgehead atoms. The van der Waals surface area contributed by atoms with Gasteiger partial charge in [-0.15, -0.1) is 0 Å². The van der Waals surface area contributed by atoms with Gasteiger partial charge in [0.2, 0.25) is 0 Å². The lowest BCUT2D eigenvalue weighted by Crippen LogP contribution is -2.39. The van der Waals surface area contributed by atoms with Gasteiger partial charge >= 0.3 is 5.97 Å². The molecule has 1 atom stereocenters. The van der Waals surface area contributed by atoms with Gasteiger partial charge in [-0.25, -0.2) is 9.79 Å². The summed E-state index contributed by atoms with van der Waals surface area (Å²) in [6.07, 6.45) is 6.50. The summed E-state index contributed by atoms with van der Waals surface area (Å²) in [5.74, 6) is 1.34. The lowest BCUT2D eigenvalue weighted by molar-refractivity contribution is -0.138. The highest BCUT2D eigenvalue weighted by Crippen LogP contribution is 2.32. The number of carbonyl (C=O) groups excluding carboxylic acids is 1. The average molecular weight is 563 g/mol. The molecule has 0 aliphatic carbocycles. The summed E-state index contributed by atoms with van der Waals surface area (Å²) in [4.78, 5) is 32.2. The zero-order valence-corrected chi connectivity index (χ0v) is 24.1. The predicted octanol–water partition coefficient (Wildman–Crippen LogP) is 4.55. The first-order chi connectivity index (χ1) is 19.4. The van der Waals surface area contributed by atoms with Gasteiger partial charge in [-0.1, -0.05) is 62.0 Å². The minimum Gasteiger partial charge on any atom is -0.494 e. The van der Waals surface area contributed by atoms with Crippen molar-refractivity contribution >= 4 is 23.4 Å². The molecule has 0 saturated carbocycles. The van der Waals surface area contributed by atoms with E-state index in [9.17, 15) is 9.59 Å². The molecule has 8 nitrogen and oxygen atoms in total. The number of allylic oxidation sites excluding steroid dienone is 1. The number of nitrogens with zero attached hydrogens (tertiary/aromatic N) is 2. The van der Waals surface area contributed by atoms with Crippen LogP contribution < -0.4 is 29.1 Å². The maximum Gasteiger partial charge on any atom is 0.338 e. The molecule has 3 aromatic rings. The van der Waals surface area contributed by atoms with Crippen molar-refractivity contribution in [2.75, 3.05) is 27.4 Å². The number of hydrogen-bond donors (Lipinski definition) is 0. The quantitative estimate of drug-likeness (QED) is 0.183. The van der Waals surface area contributed by atoms with Crippen LogP contribution in [0.1, 0.15) is 50.3 Å². The third-order valence-electron chi connectivity index (χ3n) is 6.49. The summed E-state index contributed by atoms with van der Waals surface area (Å²) in [7, 11) is 3.13. The summed E-state index contributed by atoms with van der Waals surface area (Å²) in [5, 5.41) is 0. The third-order valence-corrected chi connectivity index (χ3v) is 7.47. The van der Waals surface area contributed by atoms with Gasteiger partial charge < -0.3 is 18.9 Å². The zero-order chi connectivity index (χ0) is 28.6. The summed E-state index contributed by atoms with van der Waals surface area (Å²) in [5.41, 5.74) is 2.07. The first kappa shape index (κ1) is 28.9. The second kappa shape index (κ2) is 13.3. The minimum absolute atomic E-state index is 0.0522. The van der Waals surface area contributed by atoms with E-state index in [1.807, 2.05) is 30.3 Å². The van der Waals surface area contributed by atoms with Crippen molar-refractivity contribution in [1.29, 1.82) is 0 Å². The number of carbonyl (C=O) groups is 1. The first-order valence-corrected chi connectivity index (χ1v) is 14.0. The van der Waals surface area contributed by atoms with Crippen LogP contribution in [0.4, 0.5) is 0 Å². The number of aromatic nitrogens is 1. The molecule has 1 aliphatic rings. The molecule has 0 saturated heterocycles. The van der Waals surface area contributed by atoms with Gasteiger partial charge in [0.15, 0.2) is 16.3 Å². The molecule has 0 amide bonds. The molecule has 0 fully saturated rings. The van der Waals surface area contributed by atoms with E-state index in [0.29, 0.717) is 38.7 Å². The van der Waals surface area contributed by atoms with Gasteiger partial charge in [-0.05, 0) is 54.8 Å². The van der Waals surface area contributed by atoms with E-state index in [2.05, 4.69) is 18.5 Å². The smallest absolute Gasteiger partial charge is 0.338 e. The van der Waals surface area contributed by atoms with Crippen molar-refractivity contribution in [3.8, 4) is 17.2 Å². The Morgan fingerprint density at radius 2 is 1.85 bits per heavy atom. The fraction of sp³-hybridized carbons (Fsp3) is 0.323. The van der Waals surface area contributed by atoms with E-state index in [1.54, 1.807) is 43.9 Å². The Hall–Kier alpha value is -4.11. The number of hydrogen-bond acceptors (Lipinski definition) is 8. The Balaban J connectivity index is 1.80. The third kappa shape index (κ3) is 6.20. The van der Waals surface area contributed by atoms with Gasteiger partial charge in [0.1, 0.15) is 12.4 Å². The highest BCUT2D eigenvalue weighted by atomic mass is 32.1. The molecule has 40 heavy (non-hydrogen) atoms. The number of esters is 1. The molecule has 1 aromatic heterocycles. The van der Waals surface area contributed by atoms with E-state index in [0.717, 1.165) is 36.1 Å². The van der Waals surface area contributed by atoms with Crippen molar-refractivity contribution in [3.63, 3.8) is 0 Å². The molecule has 2 aromatic carbocycles. The van der Waals surface area contributed by atoms with Gasteiger partial charge in [0, 0.05) is 0 Å². The van der Waals surface area contributed by atoms with E-state index >= 15 is 0 Å². The van der Waals surface area contributed by atoms with Crippen LogP contribution in [-0.4, -0.2) is 38.0 Å². The molecular weight excluding hydrogens is 528 g/mol. The Kier molecular flexibility index (Phi) is 9.60. The van der Waals surface area contributed by atoms with Crippen LogP contribution in [0.3, 0.4) is 0 Å². The Morgan fingerprint density at radius 1 is 1.10 bits per heavy atom. The molecule has 210 valence electrons. The van der Waals surface area contributed by atoms with Crippen LogP contribution in [0.5, 0.6) is 17.2 Å².